The minimum absolute atomic E-state index is 0.00707. The molecule has 1 amide bonds. The van der Waals surface area contributed by atoms with Crippen LogP contribution < -0.4 is 15.8 Å². The zero-order chi connectivity index (χ0) is 17.5. The van der Waals surface area contributed by atoms with Gasteiger partial charge in [0.05, 0.1) is 4.47 Å². The Morgan fingerprint density at radius 3 is 2.62 bits per heavy atom. The first-order chi connectivity index (χ1) is 11.5. The van der Waals surface area contributed by atoms with Gasteiger partial charge in [0, 0.05) is 18.2 Å². The van der Waals surface area contributed by atoms with Crippen LogP contribution in [0.4, 0.5) is 4.39 Å². The summed E-state index contributed by atoms with van der Waals surface area (Å²) in [4.78, 5) is 12.5. The maximum Gasteiger partial charge on any atom is 0.265 e. The van der Waals surface area contributed by atoms with Crippen molar-refractivity contribution >= 4 is 21.8 Å². The first kappa shape index (κ1) is 18.4. The molecule has 0 heterocycles. The predicted molar refractivity (Wildman–Crippen MR) is 95.2 cm³/mol. The number of amides is 1. The fourth-order valence-electron chi connectivity index (χ4n) is 2.11. The lowest BCUT2D eigenvalue weighted by Crippen LogP contribution is -2.35. The van der Waals surface area contributed by atoms with E-state index in [4.69, 9.17) is 10.5 Å². The Morgan fingerprint density at radius 2 is 2.00 bits per heavy atom. The van der Waals surface area contributed by atoms with Gasteiger partial charge in [0.2, 0.25) is 6.10 Å². The van der Waals surface area contributed by atoms with Crippen molar-refractivity contribution in [1.29, 1.82) is 0 Å². The van der Waals surface area contributed by atoms with Gasteiger partial charge in [-0.3, -0.25) is 4.79 Å². The van der Waals surface area contributed by atoms with Gasteiger partial charge in [-0.1, -0.05) is 30.3 Å². The Labute approximate surface area is 149 Å². The third kappa shape index (κ3) is 5.32. The highest BCUT2D eigenvalue weighted by Crippen LogP contribution is 2.30. The molecule has 0 saturated heterocycles. The van der Waals surface area contributed by atoms with E-state index in [9.17, 15) is 9.18 Å². The van der Waals surface area contributed by atoms with Crippen LogP contribution in [-0.2, 0) is 4.79 Å². The second-order valence-electron chi connectivity index (χ2n) is 5.54. The number of nitrogens with one attached hydrogen (secondary N) is 1. The average Bonchev–Trinajstić information content (AvgIpc) is 2.54. The van der Waals surface area contributed by atoms with Gasteiger partial charge in [-0.25, -0.2) is 4.39 Å². The first-order valence-corrected chi connectivity index (χ1v) is 8.46. The molecule has 2 unspecified atom stereocenters. The van der Waals surface area contributed by atoms with E-state index >= 15 is 0 Å². The van der Waals surface area contributed by atoms with E-state index in [1.54, 1.807) is 0 Å². The number of carbonyl (C=O) groups excluding carboxylic acids is 1. The van der Waals surface area contributed by atoms with E-state index in [0.717, 1.165) is 0 Å². The Hall–Kier alpha value is -1.92. The maximum atomic E-state index is 13.2. The minimum Gasteiger partial charge on any atom is -0.475 e. The predicted octanol–water partition coefficient (Wildman–Crippen LogP) is 3.56. The van der Waals surface area contributed by atoms with Crippen molar-refractivity contribution in [2.24, 2.45) is 5.73 Å². The van der Waals surface area contributed by atoms with Gasteiger partial charge >= 0.3 is 0 Å². The van der Waals surface area contributed by atoms with Gasteiger partial charge in [0.15, 0.2) is 0 Å². The third-order valence-electron chi connectivity index (χ3n) is 3.38. The molecule has 0 aromatic heterocycles. The number of ether oxygens (including phenoxy) is 1. The highest BCUT2D eigenvalue weighted by molar-refractivity contribution is 9.10. The van der Waals surface area contributed by atoms with E-state index in [0.29, 0.717) is 28.8 Å². The largest absolute Gasteiger partial charge is 0.475 e. The summed E-state index contributed by atoms with van der Waals surface area (Å²) < 4.78 is 19.5. The molecule has 0 bridgehead atoms. The zero-order valence-electron chi connectivity index (χ0n) is 13.3. The number of nitrogens with two attached hydrogens (primary N) is 1. The van der Waals surface area contributed by atoms with Crippen LogP contribution in [0.15, 0.2) is 53.0 Å². The summed E-state index contributed by atoms with van der Waals surface area (Å²) in [5, 5.41) is 2.83. The fraction of sp³-hybridized carbons (Fsp3) is 0.278. The van der Waals surface area contributed by atoms with Gasteiger partial charge in [-0.2, -0.15) is 0 Å². The molecule has 3 N–H and O–H groups in total. The summed E-state index contributed by atoms with van der Waals surface area (Å²) in [6, 6.07) is 13.2. The normalized spacial score (nSPS) is 13.2. The molecule has 24 heavy (non-hydrogen) atoms. The molecular weight excluding hydrogens is 375 g/mol. The molecule has 6 heteroatoms. The molecule has 2 aromatic rings. The maximum absolute atomic E-state index is 13.2. The van der Waals surface area contributed by atoms with E-state index in [1.807, 2.05) is 37.3 Å². The highest BCUT2D eigenvalue weighted by Gasteiger charge is 2.23. The Balaban J connectivity index is 2.18. The van der Waals surface area contributed by atoms with Gasteiger partial charge in [0.25, 0.3) is 5.91 Å². The molecule has 2 aromatic carbocycles. The van der Waals surface area contributed by atoms with Crippen molar-refractivity contribution in [2.75, 3.05) is 6.54 Å². The quantitative estimate of drug-likeness (QED) is 0.754. The van der Waals surface area contributed by atoms with Crippen molar-refractivity contribution in [3.05, 3.63) is 64.4 Å². The summed E-state index contributed by atoms with van der Waals surface area (Å²) in [6.07, 6.45) is -0.158. The SMILES string of the molecule is CC(N)CCNC(=O)C(Oc1ccc(F)cc1Br)c1ccccc1. The summed E-state index contributed by atoms with van der Waals surface area (Å²) in [5.41, 5.74) is 6.41. The molecule has 2 rings (SSSR count). The number of hydrogen-bond acceptors (Lipinski definition) is 3. The van der Waals surface area contributed by atoms with Crippen LogP contribution in [-0.4, -0.2) is 18.5 Å². The highest BCUT2D eigenvalue weighted by atomic mass is 79.9. The van der Waals surface area contributed by atoms with Crippen LogP contribution in [0.5, 0.6) is 5.75 Å². The van der Waals surface area contributed by atoms with Gasteiger partial charge in [-0.15, -0.1) is 0 Å². The topological polar surface area (TPSA) is 64.3 Å². The van der Waals surface area contributed by atoms with Crippen LogP contribution in [0, 0.1) is 5.82 Å². The number of carbonyl (C=O) groups is 1. The molecule has 0 fully saturated rings. The Bertz CT molecular complexity index is 680. The van der Waals surface area contributed by atoms with E-state index in [1.165, 1.54) is 18.2 Å². The van der Waals surface area contributed by atoms with Crippen LogP contribution >= 0.6 is 15.9 Å². The standard InChI is InChI=1S/C18H20BrFN2O2/c1-12(21)9-10-22-18(23)17(13-5-3-2-4-6-13)24-16-8-7-14(20)11-15(16)19/h2-8,11-12,17H,9-10,21H2,1H3,(H,22,23). The summed E-state index contributed by atoms with van der Waals surface area (Å²) in [6.45, 7) is 2.35. The summed E-state index contributed by atoms with van der Waals surface area (Å²) in [7, 11) is 0. The molecule has 0 aliphatic rings. The van der Waals surface area contributed by atoms with Gasteiger partial charge in [-0.05, 0) is 47.5 Å². The minimum atomic E-state index is -0.832. The molecule has 4 nitrogen and oxygen atoms in total. The molecule has 0 saturated carbocycles. The molecule has 0 aliphatic carbocycles. The first-order valence-electron chi connectivity index (χ1n) is 7.67. The lowest BCUT2D eigenvalue weighted by atomic mass is 10.1. The molecule has 0 spiro atoms. The number of rotatable bonds is 7. The molecule has 2 atom stereocenters. The molecule has 128 valence electrons. The van der Waals surface area contributed by atoms with Gasteiger partial charge in [0.1, 0.15) is 11.6 Å². The van der Waals surface area contributed by atoms with Crippen molar-refractivity contribution in [1.82, 2.24) is 5.32 Å². The third-order valence-corrected chi connectivity index (χ3v) is 4.00. The smallest absolute Gasteiger partial charge is 0.265 e. The van der Waals surface area contributed by atoms with Crippen molar-refractivity contribution in [2.45, 2.75) is 25.5 Å². The average molecular weight is 395 g/mol. The second-order valence-corrected chi connectivity index (χ2v) is 6.39. The van der Waals surface area contributed by atoms with Crippen molar-refractivity contribution in [3.63, 3.8) is 0 Å². The van der Waals surface area contributed by atoms with Crippen molar-refractivity contribution in [3.8, 4) is 5.75 Å². The number of hydrogen-bond donors (Lipinski definition) is 2. The van der Waals surface area contributed by atoms with Crippen LogP contribution in [0.1, 0.15) is 25.0 Å². The fourth-order valence-corrected chi connectivity index (χ4v) is 2.56. The Morgan fingerprint density at radius 1 is 1.29 bits per heavy atom. The second kappa shape index (κ2) is 8.80. The van der Waals surface area contributed by atoms with Crippen LogP contribution in [0.25, 0.3) is 0 Å². The van der Waals surface area contributed by atoms with Crippen LogP contribution in [0.3, 0.4) is 0 Å². The van der Waals surface area contributed by atoms with E-state index < -0.39 is 6.10 Å². The monoisotopic (exact) mass is 394 g/mol. The lowest BCUT2D eigenvalue weighted by Gasteiger charge is -2.20. The summed E-state index contributed by atoms with van der Waals surface area (Å²) >= 11 is 3.26. The molecule has 0 radical (unpaired) electrons. The van der Waals surface area contributed by atoms with E-state index in [-0.39, 0.29) is 17.8 Å². The van der Waals surface area contributed by atoms with E-state index in [2.05, 4.69) is 21.2 Å². The Kier molecular flexibility index (Phi) is 6.75. The number of halogens is 2. The van der Waals surface area contributed by atoms with Gasteiger partial charge < -0.3 is 15.8 Å². The van der Waals surface area contributed by atoms with Crippen LogP contribution in [0.2, 0.25) is 0 Å². The summed E-state index contributed by atoms with van der Waals surface area (Å²) in [5.74, 6) is -0.252. The zero-order valence-corrected chi connectivity index (χ0v) is 14.9. The number of benzene rings is 2. The molecular formula is C18H20BrFN2O2. The molecule has 0 aliphatic heterocycles. The van der Waals surface area contributed by atoms with Crippen molar-refractivity contribution < 1.29 is 13.9 Å². The lowest BCUT2D eigenvalue weighted by molar-refractivity contribution is -0.128.